The average molecular weight is 370 g/mol. The van der Waals surface area contributed by atoms with E-state index in [9.17, 15) is 9.59 Å². The number of H-pyrrole nitrogens is 1. The number of imidazole rings is 1. The molecule has 1 aromatic carbocycles. The zero-order valence-electron chi connectivity index (χ0n) is 16.4. The highest BCUT2D eigenvalue weighted by atomic mass is 16.2. The first-order valence-electron chi connectivity index (χ1n) is 10.2. The molecular formula is C21H30N4O2. The smallest absolute Gasteiger partial charge is 0.326 e. The Labute approximate surface area is 160 Å². The number of aromatic nitrogens is 2. The molecule has 2 atom stereocenters. The Kier molecular flexibility index (Phi) is 5.08. The first-order chi connectivity index (χ1) is 13.0. The van der Waals surface area contributed by atoms with Gasteiger partial charge in [0.25, 0.3) is 0 Å². The van der Waals surface area contributed by atoms with Crippen molar-refractivity contribution in [2.45, 2.75) is 39.2 Å². The van der Waals surface area contributed by atoms with Gasteiger partial charge in [0.15, 0.2) is 0 Å². The van der Waals surface area contributed by atoms with Gasteiger partial charge in [-0.25, -0.2) is 4.79 Å². The number of rotatable bonds is 3. The summed E-state index contributed by atoms with van der Waals surface area (Å²) >= 11 is 0. The molecule has 2 aliphatic heterocycles. The van der Waals surface area contributed by atoms with E-state index >= 15 is 0 Å². The molecule has 1 N–H and O–H groups in total. The number of nitrogens with one attached hydrogen (secondary N) is 1. The summed E-state index contributed by atoms with van der Waals surface area (Å²) in [6.07, 6.45) is 3.03. The summed E-state index contributed by atoms with van der Waals surface area (Å²) in [6.45, 7) is 8.49. The molecule has 2 unspecified atom stereocenters. The standard InChI is InChI=1S/C21H30N4O2/c1-15-11-16(2)13-24(12-15)20(26)14-23-9-7-17(8-10-23)25-19-6-4-3-5-18(19)22-21(25)27/h3-6,15-17H,7-14H2,1-2H3,(H,22,27). The van der Waals surface area contributed by atoms with E-state index in [4.69, 9.17) is 0 Å². The van der Waals surface area contributed by atoms with Crippen molar-refractivity contribution in [3.05, 3.63) is 34.7 Å². The minimum Gasteiger partial charge on any atom is -0.341 e. The van der Waals surface area contributed by atoms with Crippen molar-refractivity contribution in [2.24, 2.45) is 11.8 Å². The number of fused-ring (bicyclic) bond motifs is 1. The minimum absolute atomic E-state index is 0.0259. The zero-order chi connectivity index (χ0) is 19.0. The number of carbonyl (C=O) groups excluding carboxylic acids is 1. The molecule has 4 rings (SSSR count). The third-order valence-electron chi connectivity index (χ3n) is 6.13. The lowest BCUT2D eigenvalue weighted by molar-refractivity contribution is -0.135. The van der Waals surface area contributed by atoms with Gasteiger partial charge in [-0.15, -0.1) is 0 Å². The Morgan fingerprint density at radius 1 is 1.11 bits per heavy atom. The lowest BCUT2D eigenvalue weighted by Crippen LogP contribution is -2.48. The number of hydrogen-bond acceptors (Lipinski definition) is 3. The Balaban J connectivity index is 1.37. The second-order valence-corrected chi connectivity index (χ2v) is 8.57. The van der Waals surface area contributed by atoms with Gasteiger partial charge in [0, 0.05) is 32.2 Å². The maximum atomic E-state index is 12.7. The number of carbonyl (C=O) groups is 1. The van der Waals surface area contributed by atoms with Gasteiger partial charge in [-0.3, -0.25) is 14.3 Å². The Morgan fingerprint density at radius 3 is 2.48 bits per heavy atom. The van der Waals surface area contributed by atoms with Crippen LogP contribution in [0.25, 0.3) is 11.0 Å². The molecule has 0 spiro atoms. The van der Waals surface area contributed by atoms with Crippen LogP contribution in [0.1, 0.15) is 39.2 Å². The summed E-state index contributed by atoms with van der Waals surface area (Å²) in [7, 11) is 0. The molecule has 2 fully saturated rings. The first kappa shape index (κ1) is 18.3. The lowest BCUT2D eigenvalue weighted by Gasteiger charge is -2.37. The molecule has 27 heavy (non-hydrogen) atoms. The number of nitrogens with zero attached hydrogens (tertiary/aromatic N) is 3. The summed E-state index contributed by atoms with van der Waals surface area (Å²) < 4.78 is 1.91. The molecular weight excluding hydrogens is 340 g/mol. The number of likely N-dealkylation sites (tertiary alicyclic amines) is 2. The largest absolute Gasteiger partial charge is 0.341 e. The summed E-state index contributed by atoms with van der Waals surface area (Å²) in [6, 6.07) is 8.07. The minimum atomic E-state index is -0.0259. The van der Waals surface area contributed by atoms with E-state index in [2.05, 4.69) is 28.6 Å². The molecule has 1 aromatic heterocycles. The SMILES string of the molecule is CC1CC(C)CN(C(=O)CN2CCC(n3c(=O)[nH]c4ccccc43)CC2)C1. The van der Waals surface area contributed by atoms with Crippen molar-refractivity contribution in [1.29, 1.82) is 0 Å². The molecule has 2 saturated heterocycles. The van der Waals surface area contributed by atoms with E-state index in [1.165, 1.54) is 6.42 Å². The maximum absolute atomic E-state index is 12.7. The van der Waals surface area contributed by atoms with Crippen LogP contribution in [0.15, 0.2) is 29.1 Å². The fraction of sp³-hybridized carbons (Fsp3) is 0.619. The van der Waals surface area contributed by atoms with Crippen molar-refractivity contribution in [3.8, 4) is 0 Å². The van der Waals surface area contributed by atoms with Gasteiger partial charge in [-0.1, -0.05) is 26.0 Å². The molecule has 2 aliphatic rings. The molecule has 6 heteroatoms. The molecule has 0 radical (unpaired) electrons. The van der Waals surface area contributed by atoms with Crippen LogP contribution in [-0.4, -0.2) is 58.0 Å². The molecule has 1 amide bonds. The van der Waals surface area contributed by atoms with E-state index in [-0.39, 0.29) is 17.6 Å². The predicted octanol–water partition coefficient (Wildman–Crippen LogP) is 2.47. The number of benzene rings is 1. The monoisotopic (exact) mass is 370 g/mol. The zero-order valence-corrected chi connectivity index (χ0v) is 16.4. The number of amides is 1. The van der Waals surface area contributed by atoms with Gasteiger partial charge in [-0.05, 0) is 43.2 Å². The van der Waals surface area contributed by atoms with Gasteiger partial charge in [0.2, 0.25) is 5.91 Å². The van der Waals surface area contributed by atoms with Crippen molar-refractivity contribution in [3.63, 3.8) is 0 Å². The number of para-hydroxylation sites is 2. The van der Waals surface area contributed by atoms with Gasteiger partial charge < -0.3 is 9.88 Å². The first-order valence-corrected chi connectivity index (χ1v) is 10.2. The fourth-order valence-corrected chi connectivity index (χ4v) is 4.93. The van der Waals surface area contributed by atoms with Crippen LogP contribution in [0.3, 0.4) is 0 Å². The second-order valence-electron chi connectivity index (χ2n) is 8.57. The maximum Gasteiger partial charge on any atom is 0.326 e. The Bertz CT molecular complexity index is 852. The van der Waals surface area contributed by atoms with Crippen LogP contribution in [-0.2, 0) is 4.79 Å². The predicted molar refractivity (Wildman–Crippen MR) is 107 cm³/mol. The summed E-state index contributed by atoms with van der Waals surface area (Å²) in [5, 5.41) is 0. The van der Waals surface area contributed by atoms with Gasteiger partial charge in [-0.2, -0.15) is 0 Å². The number of piperidine rings is 2. The van der Waals surface area contributed by atoms with Gasteiger partial charge in [0.05, 0.1) is 17.6 Å². The highest BCUT2D eigenvalue weighted by Gasteiger charge is 2.29. The number of aromatic amines is 1. The molecule has 0 saturated carbocycles. The van der Waals surface area contributed by atoms with Crippen molar-refractivity contribution >= 4 is 16.9 Å². The van der Waals surface area contributed by atoms with Crippen LogP contribution in [0.2, 0.25) is 0 Å². The van der Waals surface area contributed by atoms with E-state index < -0.39 is 0 Å². The quantitative estimate of drug-likeness (QED) is 0.903. The normalized spacial score (nSPS) is 25.2. The van der Waals surface area contributed by atoms with E-state index in [1.54, 1.807) is 0 Å². The summed E-state index contributed by atoms with van der Waals surface area (Å²) in [5.41, 5.74) is 1.85. The van der Waals surface area contributed by atoms with Gasteiger partial charge >= 0.3 is 5.69 Å². The van der Waals surface area contributed by atoms with Crippen LogP contribution < -0.4 is 5.69 Å². The summed E-state index contributed by atoms with van der Waals surface area (Å²) in [4.78, 5) is 32.4. The van der Waals surface area contributed by atoms with Gasteiger partial charge in [0.1, 0.15) is 0 Å². The van der Waals surface area contributed by atoms with E-state index in [1.807, 2.05) is 28.8 Å². The summed E-state index contributed by atoms with van der Waals surface area (Å²) in [5.74, 6) is 1.45. The topological polar surface area (TPSA) is 61.3 Å². The fourth-order valence-electron chi connectivity index (χ4n) is 4.93. The van der Waals surface area contributed by atoms with Crippen molar-refractivity contribution < 1.29 is 4.79 Å². The highest BCUT2D eigenvalue weighted by molar-refractivity contribution is 5.78. The molecule has 0 aliphatic carbocycles. The van der Waals surface area contributed by atoms with Crippen LogP contribution in [0.4, 0.5) is 0 Å². The molecule has 3 heterocycles. The molecule has 6 nitrogen and oxygen atoms in total. The molecule has 2 aromatic rings. The molecule has 146 valence electrons. The lowest BCUT2D eigenvalue weighted by atomic mass is 9.92. The number of hydrogen-bond donors (Lipinski definition) is 1. The second kappa shape index (κ2) is 7.50. The van der Waals surface area contributed by atoms with Crippen LogP contribution in [0, 0.1) is 11.8 Å². The van der Waals surface area contributed by atoms with Crippen molar-refractivity contribution in [2.75, 3.05) is 32.7 Å². The highest BCUT2D eigenvalue weighted by Crippen LogP contribution is 2.25. The molecule has 0 bridgehead atoms. The van der Waals surface area contributed by atoms with Crippen LogP contribution in [0.5, 0.6) is 0 Å². The van der Waals surface area contributed by atoms with Crippen molar-refractivity contribution in [1.82, 2.24) is 19.4 Å². The Morgan fingerprint density at radius 2 is 1.78 bits per heavy atom. The average Bonchev–Trinajstić information content (AvgIpc) is 2.97. The van der Waals surface area contributed by atoms with E-state index in [0.717, 1.165) is 50.1 Å². The van der Waals surface area contributed by atoms with E-state index in [0.29, 0.717) is 18.4 Å². The third kappa shape index (κ3) is 3.81. The third-order valence-corrected chi connectivity index (χ3v) is 6.13. The Hall–Kier alpha value is -2.08. The van der Waals surface area contributed by atoms with Crippen LogP contribution >= 0.6 is 0 Å².